The van der Waals surface area contributed by atoms with E-state index in [2.05, 4.69) is 0 Å². The van der Waals surface area contributed by atoms with Crippen LogP contribution in [0.2, 0.25) is 10.0 Å². The van der Waals surface area contributed by atoms with E-state index in [1.54, 1.807) is 0 Å². The topological polar surface area (TPSA) is 35.5 Å². The number of benzene rings is 1. The van der Waals surface area contributed by atoms with Gasteiger partial charge in [0.2, 0.25) is 0 Å². The van der Waals surface area contributed by atoms with Crippen molar-refractivity contribution in [2.24, 2.45) is 0 Å². The molecule has 0 saturated carbocycles. The lowest BCUT2D eigenvalue weighted by Crippen LogP contribution is -1.94. The van der Waals surface area contributed by atoms with Crippen molar-refractivity contribution < 1.29 is 14.3 Å². The molecular formula is C9H8Cl2O3. The summed E-state index contributed by atoms with van der Waals surface area (Å²) in [6.45, 7) is 0. The number of hydrogen-bond acceptors (Lipinski definition) is 3. The van der Waals surface area contributed by atoms with E-state index < -0.39 is 0 Å². The van der Waals surface area contributed by atoms with E-state index in [1.807, 2.05) is 0 Å². The molecule has 0 atom stereocenters. The second-order valence-electron chi connectivity index (χ2n) is 2.45. The third-order valence-corrected chi connectivity index (χ3v) is 2.57. The Kier molecular flexibility index (Phi) is 3.61. The van der Waals surface area contributed by atoms with Gasteiger partial charge in [-0.25, -0.2) is 0 Å². The predicted octanol–water partition coefficient (Wildman–Crippen LogP) is 2.82. The van der Waals surface area contributed by atoms with E-state index in [9.17, 15) is 4.79 Å². The smallest absolute Gasteiger partial charge is 0.180 e. The molecule has 1 rings (SSSR count). The Morgan fingerprint density at radius 1 is 1.21 bits per heavy atom. The molecule has 0 aliphatic heterocycles. The standard InChI is InChI=1S/C9H8Cl2O3/c1-13-6-3-5(4-12)7(10)8(11)9(6)14-2/h3-4H,1-2H3. The molecule has 0 heterocycles. The van der Waals surface area contributed by atoms with Gasteiger partial charge in [0, 0.05) is 5.56 Å². The normalized spacial score (nSPS) is 9.71. The first-order valence-corrected chi connectivity index (χ1v) is 4.46. The van der Waals surface area contributed by atoms with Gasteiger partial charge in [0.1, 0.15) is 5.02 Å². The summed E-state index contributed by atoms with van der Waals surface area (Å²) in [5, 5.41) is 0.343. The van der Waals surface area contributed by atoms with E-state index in [-0.39, 0.29) is 15.6 Å². The highest BCUT2D eigenvalue weighted by Gasteiger charge is 2.16. The van der Waals surface area contributed by atoms with Crippen molar-refractivity contribution >= 4 is 29.5 Å². The number of halogens is 2. The summed E-state index contributed by atoms with van der Waals surface area (Å²) in [5.41, 5.74) is 0.273. The van der Waals surface area contributed by atoms with E-state index in [1.165, 1.54) is 20.3 Å². The van der Waals surface area contributed by atoms with Gasteiger partial charge >= 0.3 is 0 Å². The number of ether oxygens (including phenoxy) is 2. The molecule has 0 N–H and O–H groups in total. The maximum atomic E-state index is 10.6. The summed E-state index contributed by atoms with van der Waals surface area (Å²) in [4.78, 5) is 10.6. The number of aldehydes is 1. The van der Waals surface area contributed by atoms with Gasteiger partial charge in [-0.05, 0) is 6.07 Å². The minimum atomic E-state index is 0.166. The van der Waals surface area contributed by atoms with E-state index in [4.69, 9.17) is 32.7 Å². The van der Waals surface area contributed by atoms with Crippen LogP contribution < -0.4 is 9.47 Å². The molecular weight excluding hydrogens is 227 g/mol. The molecule has 0 aliphatic carbocycles. The quantitative estimate of drug-likeness (QED) is 0.755. The van der Waals surface area contributed by atoms with Crippen LogP contribution in [0.25, 0.3) is 0 Å². The zero-order chi connectivity index (χ0) is 10.7. The average molecular weight is 235 g/mol. The van der Waals surface area contributed by atoms with Gasteiger partial charge in [0.25, 0.3) is 0 Å². The predicted molar refractivity (Wildman–Crippen MR) is 55.0 cm³/mol. The third-order valence-electron chi connectivity index (χ3n) is 1.71. The first-order chi connectivity index (χ1) is 6.65. The fourth-order valence-corrected chi connectivity index (χ4v) is 1.50. The zero-order valence-corrected chi connectivity index (χ0v) is 9.15. The second kappa shape index (κ2) is 4.53. The Hall–Kier alpha value is -0.930. The minimum Gasteiger partial charge on any atom is -0.493 e. The first-order valence-electron chi connectivity index (χ1n) is 3.70. The van der Waals surface area contributed by atoms with Crippen LogP contribution in [0.4, 0.5) is 0 Å². The van der Waals surface area contributed by atoms with Gasteiger partial charge in [-0.3, -0.25) is 4.79 Å². The van der Waals surface area contributed by atoms with E-state index >= 15 is 0 Å². The molecule has 0 aromatic heterocycles. The van der Waals surface area contributed by atoms with Crippen molar-refractivity contribution in [3.63, 3.8) is 0 Å². The molecule has 3 nitrogen and oxygen atoms in total. The molecule has 0 amide bonds. The minimum absolute atomic E-state index is 0.166. The summed E-state index contributed by atoms with van der Waals surface area (Å²) in [5.74, 6) is 0.703. The summed E-state index contributed by atoms with van der Waals surface area (Å²) >= 11 is 11.7. The van der Waals surface area contributed by atoms with Crippen LogP contribution in [0.3, 0.4) is 0 Å². The number of carbonyl (C=O) groups excluding carboxylic acids is 1. The summed E-state index contributed by atoms with van der Waals surface area (Å²) in [7, 11) is 2.90. The maximum absolute atomic E-state index is 10.6. The molecule has 0 saturated heterocycles. The molecule has 0 unspecified atom stereocenters. The molecule has 76 valence electrons. The Morgan fingerprint density at radius 3 is 2.29 bits per heavy atom. The molecule has 0 radical (unpaired) electrons. The number of hydrogen-bond donors (Lipinski definition) is 0. The van der Waals surface area contributed by atoms with Crippen molar-refractivity contribution in [1.82, 2.24) is 0 Å². The van der Waals surface area contributed by atoms with E-state index in [0.29, 0.717) is 17.8 Å². The lowest BCUT2D eigenvalue weighted by atomic mass is 10.2. The monoisotopic (exact) mass is 234 g/mol. The molecule has 0 aliphatic rings. The Balaban J connectivity index is 3.45. The third kappa shape index (κ3) is 1.79. The molecule has 0 bridgehead atoms. The fourth-order valence-electron chi connectivity index (χ4n) is 1.03. The molecule has 1 aromatic carbocycles. The van der Waals surface area contributed by atoms with Crippen molar-refractivity contribution in [2.75, 3.05) is 14.2 Å². The second-order valence-corrected chi connectivity index (χ2v) is 3.20. The number of carbonyl (C=O) groups is 1. The van der Waals surface area contributed by atoms with Gasteiger partial charge in [-0.15, -0.1) is 0 Å². The highest BCUT2D eigenvalue weighted by molar-refractivity contribution is 6.44. The Labute approximate surface area is 91.5 Å². The number of rotatable bonds is 3. The molecule has 0 fully saturated rings. The number of methoxy groups -OCH3 is 2. The largest absolute Gasteiger partial charge is 0.493 e. The SMILES string of the molecule is COc1cc(C=O)c(Cl)c(Cl)c1OC. The first kappa shape index (κ1) is 11.1. The molecule has 5 heteroatoms. The molecule has 0 spiro atoms. The van der Waals surface area contributed by atoms with Gasteiger partial charge in [0.15, 0.2) is 17.8 Å². The Bertz CT molecular complexity index is 364. The van der Waals surface area contributed by atoms with Crippen LogP contribution >= 0.6 is 23.2 Å². The van der Waals surface area contributed by atoms with Crippen LogP contribution in [0.5, 0.6) is 11.5 Å². The summed E-state index contributed by atoms with van der Waals surface area (Å²) < 4.78 is 9.98. The lowest BCUT2D eigenvalue weighted by molar-refractivity contribution is 0.112. The molecule has 14 heavy (non-hydrogen) atoms. The van der Waals surface area contributed by atoms with Crippen molar-refractivity contribution in [3.05, 3.63) is 21.7 Å². The maximum Gasteiger partial charge on any atom is 0.180 e. The Morgan fingerprint density at radius 2 is 1.86 bits per heavy atom. The average Bonchev–Trinajstić information content (AvgIpc) is 2.21. The van der Waals surface area contributed by atoms with Crippen LogP contribution in [0.15, 0.2) is 6.07 Å². The van der Waals surface area contributed by atoms with Crippen molar-refractivity contribution in [1.29, 1.82) is 0 Å². The fraction of sp³-hybridized carbons (Fsp3) is 0.222. The van der Waals surface area contributed by atoms with Crippen LogP contribution in [0.1, 0.15) is 10.4 Å². The zero-order valence-electron chi connectivity index (χ0n) is 7.64. The summed E-state index contributed by atoms with van der Waals surface area (Å²) in [6.07, 6.45) is 0.607. The van der Waals surface area contributed by atoms with Crippen molar-refractivity contribution in [3.8, 4) is 11.5 Å². The highest BCUT2D eigenvalue weighted by atomic mass is 35.5. The van der Waals surface area contributed by atoms with Gasteiger partial charge in [0.05, 0.1) is 19.2 Å². The van der Waals surface area contributed by atoms with Gasteiger partial charge in [-0.1, -0.05) is 23.2 Å². The highest BCUT2D eigenvalue weighted by Crippen LogP contribution is 2.41. The van der Waals surface area contributed by atoms with Crippen LogP contribution in [-0.4, -0.2) is 20.5 Å². The van der Waals surface area contributed by atoms with Crippen LogP contribution in [-0.2, 0) is 0 Å². The molecule has 1 aromatic rings. The van der Waals surface area contributed by atoms with Crippen LogP contribution in [0, 0.1) is 0 Å². The van der Waals surface area contributed by atoms with Gasteiger partial charge < -0.3 is 9.47 Å². The van der Waals surface area contributed by atoms with Crippen molar-refractivity contribution in [2.45, 2.75) is 0 Å². The van der Waals surface area contributed by atoms with E-state index in [0.717, 1.165) is 0 Å². The summed E-state index contributed by atoms with van der Waals surface area (Å²) in [6, 6.07) is 1.47. The lowest BCUT2D eigenvalue weighted by Gasteiger charge is -2.11. The van der Waals surface area contributed by atoms with Gasteiger partial charge in [-0.2, -0.15) is 0 Å².